The minimum Gasteiger partial charge on any atom is -0.369 e. The van der Waals surface area contributed by atoms with Gasteiger partial charge in [0.25, 0.3) is 0 Å². The van der Waals surface area contributed by atoms with Crippen LogP contribution in [0.15, 0.2) is 59.5 Å². The number of hydrogen-bond donors (Lipinski definition) is 1. The Labute approximate surface area is 166 Å². The Morgan fingerprint density at radius 1 is 1.04 bits per heavy atom. The predicted molar refractivity (Wildman–Crippen MR) is 107 cm³/mol. The van der Waals surface area contributed by atoms with Crippen molar-refractivity contribution in [3.63, 3.8) is 0 Å². The summed E-state index contributed by atoms with van der Waals surface area (Å²) >= 11 is 0. The summed E-state index contributed by atoms with van der Waals surface area (Å²) in [5.41, 5.74) is 7.49. The fraction of sp³-hybridized carbons (Fsp3) is 0.381. The molecule has 2 aromatic carbocycles. The van der Waals surface area contributed by atoms with Gasteiger partial charge in [0.1, 0.15) is 0 Å². The summed E-state index contributed by atoms with van der Waals surface area (Å²) in [6, 6.07) is 16.3. The van der Waals surface area contributed by atoms with Gasteiger partial charge in [0.05, 0.1) is 17.5 Å². The van der Waals surface area contributed by atoms with Gasteiger partial charge >= 0.3 is 0 Å². The lowest BCUT2D eigenvalue weighted by atomic mass is 9.88. The quantitative estimate of drug-likeness (QED) is 0.831. The Morgan fingerprint density at radius 2 is 1.71 bits per heavy atom. The van der Waals surface area contributed by atoms with Crippen LogP contribution in [0.1, 0.15) is 17.2 Å². The van der Waals surface area contributed by atoms with E-state index in [1.54, 1.807) is 28.6 Å². The molecule has 2 saturated heterocycles. The molecule has 4 rings (SSSR count). The molecule has 3 atom stereocenters. The van der Waals surface area contributed by atoms with E-state index >= 15 is 0 Å². The zero-order valence-corrected chi connectivity index (χ0v) is 16.7. The van der Waals surface area contributed by atoms with E-state index < -0.39 is 10.0 Å². The summed E-state index contributed by atoms with van der Waals surface area (Å²) < 4.78 is 28.6. The number of aryl methyl sites for hydroxylation is 1. The van der Waals surface area contributed by atoms with Crippen LogP contribution < -0.4 is 5.73 Å². The van der Waals surface area contributed by atoms with Crippen LogP contribution >= 0.6 is 0 Å². The number of nitrogens with two attached hydrogens (primary N) is 1. The Morgan fingerprint density at radius 3 is 2.39 bits per heavy atom. The maximum atomic E-state index is 13.5. The molecule has 28 heavy (non-hydrogen) atoms. The number of fused-ring (bicyclic) bond motifs is 1. The van der Waals surface area contributed by atoms with E-state index in [9.17, 15) is 13.2 Å². The molecular formula is C21H25N3O3S. The second kappa shape index (κ2) is 7.31. The Balaban J connectivity index is 1.74. The number of rotatable bonds is 5. The van der Waals surface area contributed by atoms with Gasteiger partial charge in [-0.25, -0.2) is 8.42 Å². The van der Waals surface area contributed by atoms with Crippen molar-refractivity contribution in [1.82, 2.24) is 9.21 Å². The van der Waals surface area contributed by atoms with Crippen molar-refractivity contribution in [1.29, 1.82) is 0 Å². The van der Waals surface area contributed by atoms with Gasteiger partial charge in [-0.05, 0) is 42.0 Å². The van der Waals surface area contributed by atoms with Crippen molar-refractivity contribution in [2.24, 2.45) is 17.6 Å². The monoisotopic (exact) mass is 399 g/mol. The molecule has 6 nitrogen and oxygen atoms in total. The van der Waals surface area contributed by atoms with Gasteiger partial charge in [0.2, 0.25) is 15.9 Å². The normalized spacial score (nSPS) is 25.7. The summed E-state index contributed by atoms with van der Waals surface area (Å²) in [5.74, 6) is -0.0254. The molecule has 2 aliphatic rings. The molecular weight excluding hydrogens is 374 g/mol. The van der Waals surface area contributed by atoms with Crippen LogP contribution in [-0.4, -0.2) is 49.7 Å². The van der Waals surface area contributed by atoms with Crippen molar-refractivity contribution in [3.8, 4) is 0 Å². The van der Waals surface area contributed by atoms with Gasteiger partial charge in [-0.2, -0.15) is 4.31 Å². The molecule has 2 N–H and O–H groups in total. The van der Waals surface area contributed by atoms with E-state index in [0.29, 0.717) is 24.5 Å². The van der Waals surface area contributed by atoms with Crippen molar-refractivity contribution in [3.05, 3.63) is 65.7 Å². The summed E-state index contributed by atoms with van der Waals surface area (Å²) in [5, 5.41) is 0. The van der Waals surface area contributed by atoms with Crippen LogP contribution in [0.3, 0.4) is 0 Å². The molecule has 0 unspecified atom stereocenters. The minimum absolute atomic E-state index is 0.138. The van der Waals surface area contributed by atoms with Crippen LogP contribution in [-0.2, 0) is 14.8 Å². The van der Waals surface area contributed by atoms with Gasteiger partial charge in [-0.1, -0.05) is 42.5 Å². The number of primary amides is 1. The van der Waals surface area contributed by atoms with Crippen LogP contribution in [0.2, 0.25) is 0 Å². The largest absolute Gasteiger partial charge is 0.369 e. The first kappa shape index (κ1) is 19.1. The molecule has 0 spiro atoms. The zero-order valence-electron chi connectivity index (χ0n) is 15.9. The second-order valence-electron chi connectivity index (χ2n) is 7.77. The second-order valence-corrected chi connectivity index (χ2v) is 9.66. The van der Waals surface area contributed by atoms with Crippen molar-refractivity contribution in [2.75, 3.05) is 26.2 Å². The Kier molecular flexibility index (Phi) is 4.99. The molecule has 0 saturated carbocycles. The number of amides is 1. The van der Waals surface area contributed by atoms with Gasteiger partial charge in [-0.15, -0.1) is 0 Å². The highest BCUT2D eigenvalue weighted by Gasteiger charge is 2.51. The first-order chi connectivity index (χ1) is 13.4. The Bertz CT molecular complexity index is 977. The molecule has 2 heterocycles. The highest BCUT2D eigenvalue weighted by Crippen LogP contribution is 2.47. The lowest BCUT2D eigenvalue weighted by Gasteiger charge is -2.30. The summed E-state index contributed by atoms with van der Waals surface area (Å²) in [6.07, 6.45) is 0. The van der Waals surface area contributed by atoms with Crippen molar-refractivity contribution < 1.29 is 13.2 Å². The van der Waals surface area contributed by atoms with Gasteiger partial charge < -0.3 is 5.73 Å². The van der Waals surface area contributed by atoms with Gasteiger partial charge in [0, 0.05) is 19.6 Å². The predicted octanol–water partition coefficient (Wildman–Crippen LogP) is 1.77. The van der Waals surface area contributed by atoms with E-state index in [2.05, 4.69) is 4.90 Å². The molecule has 0 aromatic heterocycles. The zero-order chi connectivity index (χ0) is 19.9. The summed E-state index contributed by atoms with van der Waals surface area (Å²) in [4.78, 5) is 13.7. The highest BCUT2D eigenvalue weighted by atomic mass is 32.2. The third-order valence-corrected chi connectivity index (χ3v) is 7.80. The number of benzene rings is 2. The number of nitrogens with zero attached hydrogens (tertiary/aromatic N) is 2. The van der Waals surface area contributed by atoms with Gasteiger partial charge in [-0.3, -0.25) is 9.69 Å². The first-order valence-corrected chi connectivity index (χ1v) is 10.9. The van der Waals surface area contributed by atoms with E-state index in [0.717, 1.165) is 11.1 Å². The molecule has 2 fully saturated rings. The molecule has 0 radical (unpaired) electrons. The molecule has 0 bridgehead atoms. The maximum absolute atomic E-state index is 13.5. The van der Waals surface area contributed by atoms with Gasteiger partial charge in [0.15, 0.2) is 0 Å². The third-order valence-electron chi connectivity index (χ3n) is 5.93. The fourth-order valence-electron chi connectivity index (χ4n) is 4.73. The average Bonchev–Trinajstić information content (AvgIpc) is 3.20. The lowest BCUT2D eigenvalue weighted by molar-refractivity contribution is -0.119. The topological polar surface area (TPSA) is 83.7 Å². The van der Waals surface area contributed by atoms with E-state index in [4.69, 9.17) is 5.73 Å². The molecule has 0 aliphatic carbocycles. The summed E-state index contributed by atoms with van der Waals surface area (Å²) in [7, 11) is -3.61. The third kappa shape index (κ3) is 3.34. The van der Waals surface area contributed by atoms with E-state index in [-0.39, 0.29) is 30.3 Å². The van der Waals surface area contributed by atoms with Crippen LogP contribution in [0.25, 0.3) is 0 Å². The van der Waals surface area contributed by atoms with Crippen LogP contribution in [0.4, 0.5) is 0 Å². The number of hydrogen-bond acceptors (Lipinski definition) is 4. The van der Waals surface area contributed by atoms with E-state index in [1.807, 2.05) is 37.3 Å². The maximum Gasteiger partial charge on any atom is 0.243 e. The number of carbonyl (C=O) groups excluding carboxylic acids is 1. The Hall–Kier alpha value is -2.22. The minimum atomic E-state index is -3.61. The lowest BCUT2D eigenvalue weighted by Crippen LogP contribution is -2.38. The standard InChI is InChI=1S/C21H25N3O3S/c1-15-7-5-6-10-18(15)21-19-13-23(14-20(22)25)11-16(19)12-24(21)28(26,27)17-8-3-2-4-9-17/h2-10,16,19,21H,11-14H2,1H3,(H2,22,25)/t16-,19-,21+/m0/s1. The number of sulfonamides is 1. The first-order valence-electron chi connectivity index (χ1n) is 9.51. The SMILES string of the molecule is Cc1ccccc1[C@@H]1[C@H]2CN(CC(N)=O)C[C@H]2CN1S(=O)(=O)c1ccccc1. The number of carbonyl (C=O) groups is 1. The molecule has 2 aromatic rings. The fourth-order valence-corrected chi connectivity index (χ4v) is 6.46. The molecule has 2 aliphatic heterocycles. The van der Waals surface area contributed by atoms with Crippen molar-refractivity contribution >= 4 is 15.9 Å². The molecule has 148 valence electrons. The van der Waals surface area contributed by atoms with Crippen molar-refractivity contribution in [2.45, 2.75) is 17.9 Å². The molecule has 7 heteroatoms. The number of likely N-dealkylation sites (tertiary alicyclic amines) is 1. The molecule has 1 amide bonds. The van der Waals surface area contributed by atoms with Crippen LogP contribution in [0, 0.1) is 18.8 Å². The van der Waals surface area contributed by atoms with Crippen LogP contribution in [0.5, 0.6) is 0 Å². The summed E-state index contributed by atoms with van der Waals surface area (Å²) in [6.45, 7) is 4.06. The van der Waals surface area contributed by atoms with E-state index in [1.165, 1.54) is 0 Å². The average molecular weight is 400 g/mol. The smallest absolute Gasteiger partial charge is 0.243 e. The highest BCUT2D eigenvalue weighted by molar-refractivity contribution is 7.89.